The molecule has 1 heterocycles. The van der Waals surface area contributed by atoms with Crippen LogP contribution in [0.2, 0.25) is 0 Å². The highest BCUT2D eigenvalue weighted by Crippen LogP contribution is 2.26. The maximum absolute atomic E-state index is 13.3. The smallest absolute Gasteiger partial charge is 0.354 e. The zero-order chi connectivity index (χ0) is 14.0. The number of carboxylic acid groups (broad SMARTS) is 1. The zero-order valence-electron chi connectivity index (χ0n) is 9.95. The minimum Gasteiger partial charge on any atom is -0.477 e. The number of halogens is 2. The van der Waals surface area contributed by atoms with E-state index in [-0.39, 0.29) is 11.5 Å². The SMILES string of the molecule is Cc1cc(F)c(Br)cc1Nc1ccc(C(=O)O)nc1. The van der Waals surface area contributed by atoms with Crippen molar-refractivity contribution in [2.24, 2.45) is 0 Å². The van der Waals surface area contributed by atoms with Crippen molar-refractivity contribution in [3.63, 3.8) is 0 Å². The Morgan fingerprint density at radius 3 is 2.74 bits per heavy atom. The summed E-state index contributed by atoms with van der Waals surface area (Å²) in [5.74, 6) is -1.41. The molecule has 2 rings (SSSR count). The van der Waals surface area contributed by atoms with Gasteiger partial charge in [-0.2, -0.15) is 0 Å². The van der Waals surface area contributed by atoms with Gasteiger partial charge < -0.3 is 10.4 Å². The molecular formula is C13H10BrFN2O2. The second kappa shape index (κ2) is 5.36. The van der Waals surface area contributed by atoms with Crippen LogP contribution < -0.4 is 5.32 Å². The van der Waals surface area contributed by atoms with Gasteiger partial charge in [0.05, 0.1) is 16.4 Å². The molecule has 19 heavy (non-hydrogen) atoms. The Morgan fingerprint density at radius 1 is 1.42 bits per heavy atom. The third-order valence-electron chi connectivity index (χ3n) is 2.53. The largest absolute Gasteiger partial charge is 0.477 e. The van der Waals surface area contributed by atoms with Gasteiger partial charge in [-0.1, -0.05) is 0 Å². The maximum Gasteiger partial charge on any atom is 0.354 e. The van der Waals surface area contributed by atoms with Crippen LogP contribution in [-0.4, -0.2) is 16.1 Å². The normalized spacial score (nSPS) is 10.3. The van der Waals surface area contributed by atoms with Crippen LogP contribution in [-0.2, 0) is 0 Å². The number of aromatic carboxylic acids is 1. The Labute approximate surface area is 117 Å². The molecule has 1 aromatic carbocycles. The molecular weight excluding hydrogens is 315 g/mol. The van der Waals surface area contributed by atoms with Gasteiger partial charge in [0.1, 0.15) is 11.5 Å². The minimum atomic E-state index is -1.08. The van der Waals surface area contributed by atoms with Crippen molar-refractivity contribution in [3.05, 3.63) is 52.0 Å². The highest BCUT2D eigenvalue weighted by atomic mass is 79.9. The van der Waals surface area contributed by atoms with Gasteiger partial charge in [0.2, 0.25) is 0 Å². The highest BCUT2D eigenvalue weighted by molar-refractivity contribution is 9.10. The molecule has 0 atom stereocenters. The fourth-order valence-electron chi connectivity index (χ4n) is 1.53. The van der Waals surface area contributed by atoms with Crippen LogP contribution in [0.25, 0.3) is 0 Å². The van der Waals surface area contributed by atoms with Crippen LogP contribution in [0.1, 0.15) is 16.1 Å². The van der Waals surface area contributed by atoms with E-state index in [1.807, 2.05) is 0 Å². The molecule has 1 aromatic heterocycles. The molecule has 0 fully saturated rings. The molecule has 0 radical (unpaired) electrons. The number of aryl methyl sites for hydroxylation is 1. The second-order valence-corrected chi connectivity index (χ2v) is 4.80. The number of pyridine rings is 1. The predicted molar refractivity (Wildman–Crippen MR) is 73.3 cm³/mol. The molecule has 0 saturated carbocycles. The topological polar surface area (TPSA) is 62.2 Å². The lowest BCUT2D eigenvalue weighted by Gasteiger charge is -2.10. The third-order valence-corrected chi connectivity index (χ3v) is 3.14. The summed E-state index contributed by atoms with van der Waals surface area (Å²) in [4.78, 5) is 14.5. The number of rotatable bonds is 3. The molecule has 98 valence electrons. The van der Waals surface area contributed by atoms with E-state index in [2.05, 4.69) is 26.2 Å². The summed E-state index contributed by atoms with van der Waals surface area (Å²) in [7, 11) is 0. The van der Waals surface area contributed by atoms with Crippen LogP contribution in [0, 0.1) is 12.7 Å². The monoisotopic (exact) mass is 324 g/mol. The van der Waals surface area contributed by atoms with E-state index in [1.54, 1.807) is 19.1 Å². The first-order valence-corrected chi connectivity index (χ1v) is 6.18. The van der Waals surface area contributed by atoms with Crippen LogP contribution >= 0.6 is 15.9 Å². The number of anilines is 2. The number of carboxylic acids is 1. The zero-order valence-corrected chi connectivity index (χ0v) is 11.5. The van der Waals surface area contributed by atoms with Crippen molar-refractivity contribution in [1.82, 2.24) is 4.98 Å². The molecule has 0 amide bonds. The summed E-state index contributed by atoms with van der Waals surface area (Å²) < 4.78 is 13.6. The molecule has 6 heteroatoms. The van der Waals surface area contributed by atoms with E-state index in [9.17, 15) is 9.18 Å². The van der Waals surface area contributed by atoms with E-state index in [0.717, 1.165) is 11.3 Å². The van der Waals surface area contributed by atoms with Gasteiger partial charge in [-0.3, -0.25) is 0 Å². The molecule has 0 aliphatic rings. The van der Waals surface area contributed by atoms with E-state index in [1.165, 1.54) is 18.3 Å². The fraction of sp³-hybridized carbons (Fsp3) is 0.0769. The first-order valence-electron chi connectivity index (χ1n) is 5.39. The number of benzene rings is 1. The summed E-state index contributed by atoms with van der Waals surface area (Å²) in [5, 5.41) is 11.8. The van der Waals surface area contributed by atoms with Crippen molar-refractivity contribution in [2.45, 2.75) is 6.92 Å². The Morgan fingerprint density at radius 2 is 2.16 bits per heavy atom. The molecule has 0 aliphatic heterocycles. The summed E-state index contributed by atoms with van der Waals surface area (Å²) in [6, 6.07) is 6.03. The summed E-state index contributed by atoms with van der Waals surface area (Å²) >= 11 is 3.12. The Bertz CT molecular complexity index is 629. The minimum absolute atomic E-state index is 0.0254. The van der Waals surface area contributed by atoms with Gasteiger partial charge >= 0.3 is 5.97 Å². The van der Waals surface area contributed by atoms with E-state index in [0.29, 0.717) is 10.2 Å². The van der Waals surface area contributed by atoms with Crippen molar-refractivity contribution in [2.75, 3.05) is 5.32 Å². The Hall–Kier alpha value is -1.95. The van der Waals surface area contributed by atoms with Crippen molar-refractivity contribution >= 4 is 33.3 Å². The van der Waals surface area contributed by atoms with E-state index in [4.69, 9.17) is 5.11 Å². The first kappa shape index (κ1) is 13.5. The first-order chi connectivity index (χ1) is 8.97. The highest BCUT2D eigenvalue weighted by Gasteiger charge is 2.07. The number of carbonyl (C=O) groups is 1. The predicted octanol–water partition coefficient (Wildman–Crippen LogP) is 3.73. The fourth-order valence-corrected chi connectivity index (χ4v) is 1.87. The van der Waals surface area contributed by atoms with E-state index < -0.39 is 5.97 Å². The average Bonchev–Trinajstić information content (AvgIpc) is 2.36. The van der Waals surface area contributed by atoms with Gasteiger partial charge in [-0.05, 0) is 52.7 Å². The van der Waals surface area contributed by atoms with Gasteiger partial charge in [0.15, 0.2) is 0 Å². The van der Waals surface area contributed by atoms with Crippen molar-refractivity contribution < 1.29 is 14.3 Å². The van der Waals surface area contributed by atoms with Gasteiger partial charge in [-0.25, -0.2) is 14.2 Å². The molecule has 0 bridgehead atoms. The van der Waals surface area contributed by atoms with Crippen LogP contribution in [0.3, 0.4) is 0 Å². The Balaban J connectivity index is 2.26. The number of hydrogen-bond donors (Lipinski definition) is 2. The average molecular weight is 325 g/mol. The third kappa shape index (κ3) is 3.08. The quantitative estimate of drug-likeness (QED) is 0.902. The molecule has 2 N–H and O–H groups in total. The standard InChI is InChI=1S/C13H10BrFN2O2/c1-7-4-10(15)9(14)5-12(7)17-8-2-3-11(13(18)19)16-6-8/h2-6,17H,1H3,(H,18,19). The van der Waals surface area contributed by atoms with E-state index >= 15 is 0 Å². The van der Waals surface area contributed by atoms with Gasteiger partial charge in [0.25, 0.3) is 0 Å². The lowest BCUT2D eigenvalue weighted by atomic mass is 10.2. The number of hydrogen-bond acceptors (Lipinski definition) is 3. The lowest BCUT2D eigenvalue weighted by Crippen LogP contribution is -2.01. The summed E-state index contributed by atoms with van der Waals surface area (Å²) in [5.41, 5.74) is 2.07. The van der Waals surface area contributed by atoms with Crippen LogP contribution in [0.4, 0.5) is 15.8 Å². The maximum atomic E-state index is 13.3. The lowest BCUT2D eigenvalue weighted by molar-refractivity contribution is 0.0690. The van der Waals surface area contributed by atoms with Crippen LogP contribution in [0.5, 0.6) is 0 Å². The number of nitrogens with zero attached hydrogens (tertiary/aromatic N) is 1. The molecule has 0 spiro atoms. The molecule has 4 nitrogen and oxygen atoms in total. The van der Waals surface area contributed by atoms with Gasteiger partial charge in [-0.15, -0.1) is 0 Å². The summed E-state index contributed by atoms with van der Waals surface area (Å²) in [6.07, 6.45) is 1.42. The molecule has 2 aromatic rings. The van der Waals surface area contributed by atoms with Crippen LogP contribution in [0.15, 0.2) is 34.9 Å². The van der Waals surface area contributed by atoms with Crippen molar-refractivity contribution in [1.29, 1.82) is 0 Å². The molecule has 0 aliphatic carbocycles. The second-order valence-electron chi connectivity index (χ2n) is 3.94. The Kier molecular flexibility index (Phi) is 3.80. The summed E-state index contributed by atoms with van der Waals surface area (Å²) in [6.45, 7) is 1.77. The molecule has 0 unspecified atom stereocenters. The van der Waals surface area contributed by atoms with Crippen molar-refractivity contribution in [3.8, 4) is 0 Å². The van der Waals surface area contributed by atoms with Gasteiger partial charge in [0, 0.05) is 5.69 Å². The number of aromatic nitrogens is 1. The number of nitrogens with one attached hydrogen (secondary N) is 1. The molecule has 0 saturated heterocycles.